The van der Waals surface area contributed by atoms with Crippen LogP contribution in [0.4, 0.5) is 0 Å². The number of hydrogen-bond donors (Lipinski definition) is 2. The third-order valence-electron chi connectivity index (χ3n) is 4.46. The van der Waals surface area contributed by atoms with Crippen molar-refractivity contribution in [2.45, 2.75) is 57.9 Å². The second-order valence-corrected chi connectivity index (χ2v) is 7.73. The van der Waals surface area contributed by atoms with Crippen molar-refractivity contribution in [1.82, 2.24) is 9.03 Å². The van der Waals surface area contributed by atoms with E-state index in [1.54, 1.807) is 0 Å². The number of aliphatic hydroxyl groups is 1. The summed E-state index contributed by atoms with van der Waals surface area (Å²) in [5.41, 5.74) is 0.215. The lowest BCUT2D eigenvalue weighted by atomic mass is 10.0. The van der Waals surface area contributed by atoms with E-state index in [-0.39, 0.29) is 18.1 Å². The van der Waals surface area contributed by atoms with Gasteiger partial charge < -0.3 is 5.11 Å². The minimum atomic E-state index is -3.43. The van der Waals surface area contributed by atoms with E-state index in [4.69, 9.17) is 0 Å². The van der Waals surface area contributed by atoms with Gasteiger partial charge in [0.25, 0.3) is 10.2 Å². The smallest absolute Gasteiger partial charge is 0.279 e. The predicted octanol–water partition coefficient (Wildman–Crippen LogP) is 1.25. The molecule has 2 aliphatic rings. The van der Waals surface area contributed by atoms with Gasteiger partial charge in [-0.25, -0.2) is 4.72 Å². The Labute approximate surface area is 116 Å². The first-order valence-corrected chi connectivity index (χ1v) is 8.84. The molecular formula is C13H26N2O3S. The van der Waals surface area contributed by atoms with Gasteiger partial charge >= 0.3 is 0 Å². The second-order valence-electron chi connectivity index (χ2n) is 6.02. The zero-order valence-electron chi connectivity index (χ0n) is 11.8. The molecule has 0 bridgehead atoms. The molecule has 0 aromatic rings. The zero-order valence-corrected chi connectivity index (χ0v) is 12.6. The van der Waals surface area contributed by atoms with E-state index in [2.05, 4.69) is 11.6 Å². The van der Waals surface area contributed by atoms with Crippen LogP contribution in [0, 0.1) is 5.41 Å². The van der Waals surface area contributed by atoms with Gasteiger partial charge in [0.1, 0.15) is 0 Å². The lowest BCUT2D eigenvalue weighted by Gasteiger charge is -2.33. The average Bonchev–Trinajstić information content (AvgIpc) is 3.17. The normalized spacial score (nSPS) is 27.4. The predicted molar refractivity (Wildman–Crippen MR) is 74.9 cm³/mol. The van der Waals surface area contributed by atoms with Crippen molar-refractivity contribution in [3.63, 3.8) is 0 Å². The van der Waals surface area contributed by atoms with Gasteiger partial charge in [-0.3, -0.25) is 0 Å². The first-order valence-electron chi connectivity index (χ1n) is 7.40. The van der Waals surface area contributed by atoms with Crippen LogP contribution in [-0.4, -0.2) is 43.6 Å². The highest BCUT2D eigenvalue weighted by atomic mass is 32.2. The molecule has 19 heavy (non-hydrogen) atoms. The van der Waals surface area contributed by atoms with E-state index < -0.39 is 10.2 Å². The highest BCUT2D eigenvalue weighted by Gasteiger charge is 2.43. The maximum absolute atomic E-state index is 12.3. The van der Waals surface area contributed by atoms with E-state index in [0.717, 1.165) is 44.9 Å². The summed E-state index contributed by atoms with van der Waals surface area (Å²) in [5.74, 6) is 0. The van der Waals surface area contributed by atoms with Gasteiger partial charge in [-0.1, -0.05) is 19.8 Å². The van der Waals surface area contributed by atoms with Crippen LogP contribution in [0.1, 0.15) is 51.9 Å². The molecule has 0 aromatic heterocycles. The molecule has 0 amide bonds. The van der Waals surface area contributed by atoms with Gasteiger partial charge in [-0.05, 0) is 37.5 Å². The van der Waals surface area contributed by atoms with Crippen LogP contribution in [0.2, 0.25) is 0 Å². The van der Waals surface area contributed by atoms with Gasteiger partial charge in [0, 0.05) is 19.1 Å². The van der Waals surface area contributed by atoms with Crippen LogP contribution in [0.15, 0.2) is 0 Å². The Hall–Kier alpha value is -0.170. The lowest BCUT2D eigenvalue weighted by Crippen LogP contribution is -2.51. The first kappa shape index (κ1) is 15.2. The third kappa shape index (κ3) is 3.68. The minimum absolute atomic E-state index is 0.0823. The Morgan fingerprint density at radius 1 is 1.37 bits per heavy atom. The Balaban J connectivity index is 1.93. The fourth-order valence-electron chi connectivity index (χ4n) is 3.02. The Morgan fingerprint density at radius 2 is 2.11 bits per heavy atom. The maximum atomic E-state index is 12.3. The molecule has 1 heterocycles. The highest BCUT2D eigenvalue weighted by Crippen LogP contribution is 2.49. The summed E-state index contributed by atoms with van der Waals surface area (Å²) >= 11 is 0. The van der Waals surface area contributed by atoms with Crippen LogP contribution in [0.25, 0.3) is 0 Å². The standard InChI is InChI=1S/C13H26N2O3S/c1-2-6-13(7-8-13)11-14-19(17,18)15-9-4-3-5-12(15)10-16/h12,14,16H,2-11H2,1H3. The SMILES string of the molecule is CCCC1(CNS(=O)(=O)N2CCCCC2CO)CC1. The Morgan fingerprint density at radius 3 is 2.68 bits per heavy atom. The van der Waals surface area contributed by atoms with E-state index in [9.17, 15) is 13.5 Å². The average molecular weight is 290 g/mol. The van der Waals surface area contributed by atoms with Gasteiger partial charge in [0.15, 0.2) is 0 Å². The first-order chi connectivity index (χ1) is 9.03. The maximum Gasteiger partial charge on any atom is 0.279 e. The monoisotopic (exact) mass is 290 g/mol. The summed E-state index contributed by atoms with van der Waals surface area (Å²) in [5, 5.41) is 9.32. The molecule has 6 heteroatoms. The number of piperidine rings is 1. The van der Waals surface area contributed by atoms with Crippen LogP contribution >= 0.6 is 0 Å². The van der Waals surface area contributed by atoms with Crippen molar-refractivity contribution in [3.05, 3.63) is 0 Å². The third-order valence-corrected chi connectivity index (χ3v) is 6.07. The number of rotatable bonds is 7. The highest BCUT2D eigenvalue weighted by molar-refractivity contribution is 7.87. The number of hydrogen-bond acceptors (Lipinski definition) is 3. The molecule has 1 aliphatic heterocycles. The molecular weight excluding hydrogens is 264 g/mol. The van der Waals surface area contributed by atoms with Crippen molar-refractivity contribution in [2.24, 2.45) is 5.41 Å². The van der Waals surface area contributed by atoms with Crippen molar-refractivity contribution >= 4 is 10.2 Å². The van der Waals surface area contributed by atoms with E-state index in [1.807, 2.05) is 0 Å². The van der Waals surface area contributed by atoms with Crippen molar-refractivity contribution in [1.29, 1.82) is 0 Å². The summed E-state index contributed by atoms with van der Waals surface area (Å²) in [6.07, 6.45) is 7.11. The molecule has 2 N–H and O–H groups in total. The number of nitrogens with zero attached hydrogens (tertiary/aromatic N) is 1. The molecule has 2 fully saturated rings. The molecule has 112 valence electrons. The zero-order chi connectivity index (χ0) is 13.9. The fraction of sp³-hybridized carbons (Fsp3) is 1.00. The summed E-state index contributed by atoms with van der Waals surface area (Å²) in [7, 11) is -3.43. The lowest BCUT2D eigenvalue weighted by molar-refractivity contribution is 0.153. The van der Waals surface area contributed by atoms with E-state index in [0.29, 0.717) is 13.1 Å². The van der Waals surface area contributed by atoms with Gasteiger partial charge in [-0.15, -0.1) is 0 Å². The van der Waals surface area contributed by atoms with Crippen LogP contribution in [0.5, 0.6) is 0 Å². The molecule has 5 nitrogen and oxygen atoms in total. The Bertz CT molecular complexity index is 393. The molecule has 0 aromatic carbocycles. The van der Waals surface area contributed by atoms with Gasteiger partial charge in [-0.2, -0.15) is 12.7 Å². The van der Waals surface area contributed by atoms with Crippen LogP contribution in [-0.2, 0) is 10.2 Å². The fourth-order valence-corrected chi connectivity index (χ4v) is 4.61. The molecule has 1 saturated heterocycles. The molecule has 1 saturated carbocycles. The Kier molecular flexibility index (Phi) is 4.87. The second kappa shape index (κ2) is 6.08. The summed E-state index contributed by atoms with van der Waals surface area (Å²) < 4.78 is 28.9. The quantitative estimate of drug-likeness (QED) is 0.741. The van der Waals surface area contributed by atoms with Gasteiger partial charge in [0.2, 0.25) is 0 Å². The van der Waals surface area contributed by atoms with Crippen molar-refractivity contribution in [2.75, 3.05) is 19.7 Å². The molecule has 0 radical (unpaired) electrons. The molecule has 2 rings (SSSR count). The van der Waals surface area contributed by atoms with E-state index in [1.165, 1.54) is 4.31 Å². The summed E-state index contributed by atoms with van der Waals surface area (Å²) in [4.78, 5) is 0. The van der Waals surface area contributed by atoms with Crippen molar-refractivity contribution < 1.29 is 13.5 Å². The largest absolute Gasteiger partial charge is 0.395 e. The van der Waals surface area contributed by atoms with Gasteiger partial charge in [0.05, 0.1) is 6.61 Å². The number of nitrogens with one attached hydrogen (secondary N) is 1. The van der Waals surface area contributed by atoms with Crippen LogP contribution in [0.3, 0.4) is 0 Å². The molecule has 1 aliphatic carbocycles. The van der Waals surface area contributed by atoms with Crippen molar-refractivity contribution in [3.8, 4) is 0 Å². The van der Waals surface area contributed by atoms with Crippen LogP contribution < -0.4 is 4.72 Å². The molecule has 1 atom stereocenters. The molecule has 1 unspecified atom stereocenters. The minimum Gasteiger partial charge on any atom is -0.395 e. The molecule has 0 spiro atoms. The summed E-state index contributed by atoms with van der Waals surface area (Å²) in [6.45, 7) is 3.14. The number of aliphatic hydroxyl groups excluding tert-OH is 1. The topological polar surface area (TPSA) is 69.6 Å². The summed E-state index contributed by atoms with van der Waals surface area (Å²) in [6, 6.07) is -0.243. The van der Waals surface area contributed by atoms with E-state index >= 15 is 0 Å².